The summed E-state index contributed by atoms with van der Waals surface area (Å²) in [7, 11) is 0. The highest BCUT2D eigenvalue weighted by molar-refractivity contribution is 5.29. The molecule has 112 valence electrons. The Morgan fingerprint density at radius 2 is 1.38 bits per heavy atom. The van der Waals surface area contributed by atoms with Crippen LogP contribution in [0.2, 0.25) is 0 Å². The van der Waals surface area contributed by atoms with Crippen LogP contribution < -0.4 is 5.32 Å². The van der Waals surface area contributed by atoms with E-state index in [0.717, 1.165) is 12.5 Å². The Morgan fingerprint density at radius 3 is 1.86 bits per heavy atom. The molecule has 0 amide bonds. The van der Waals surface area contributed by atoms with E-state index < -0.39 is 0 Å². The van der Waals surface area contributed by atoms with E-state index >= 15 is 0 Å². The van der Waals surface area contributed by atoms with Crippen molar-refractivity contribution in [3.63, 3.8) is 0 Å². The van der Waals surface area contributed by atoms with E-state index in [-0.39, 0.29) is 6.10 Å². The summed E-state index contributed by atoms with van der Waals surface area (Å²) in [6.45, 7) is 6.04. The minimum Gasteiger partial charge on any atom is -0.354 e. The van der Waals surface area contributed by atoms with Crippen molar-refractivity contribution in [1.29, 1.82) is 0 Å². The van der Waals surface area contributed by atoms with Gasteiger partial charge in [0.25, 0.3) is 0 Å². The van der Waals surface area contributed by atoms with Crippen LogP contribution in [0, 0.1) is 5.92 Å². The number of nitrogens with one attached hydrogen (secondary N) is 1. The summed E-state index contributed by atoms with van der Waals surface area (Å²) in [5, 5.41) is 3.36. The second-order valence-corrected chi connectivity index (χ2v) is 5.69. The van der Waals surface area contributed by atoms with E-state index in [2.05, 4.69) is 67.7 Å². The molecule has 0 saturated carbocycles. The predicted molar refractivity (Wildman–Crippen MR) is 88.1 cm³/mol. The summed E-state index contributed by atoms with van der Waals surface area (Å²) < 4.78 is 6.08. The lowest BCUT2D eigenvalue weighted by Crippen LogP contribution is -2.22. The van der Waals surface area contributed by atoms with Crippen molar-refractivity contribution in [2.75, 3.05) is 13.3 Å². The third kappa shape index (κ3) is 5.33. The van der Waals surface area contributed by atoms with Gasteiger partial charge in [0, 0.05) is 0 Å². The lowest BCUT2D eigenvalue weighted by molar-refractivity contribution is 0.0650. The van der Waals surface area contributed by atoms with Crippen molar-refractivity contribution in [3.8, 4) is 0 Å². The summed E-state index contributed by atoms with van der Waals surface area (Å²) in [5.74, 6) is 0.719. The van der Waals surface area contributed by atoms with E-state index in [1.165, 1.54) is 17.5 Å². The first-order chi connectivity index (χ1) is 10.3. The molecular weight excluding hydrogens is 258 g/mol. The van der Waals surface area contributed by atoms with Crippen LogP contribution in [0.5, 0.6) is 0 Å². The smallest absolute Gasteiger partial charge is 0.109 e. The third-order valence-electron chi connectivity index (χ3n) is 3.46. The second-order valence-electron chi connectivity index (χ2n) is 5.69. The number of hydrogen-bond acceptors (Lipinski definition) is 2. The van der Waals surface area contributed by atoms with Gasteiger partial charge in [-0.25, -0.2) is 0 Å². The molecule has 0 saturated heterocycles. The van der Waals surface area contributed by atoms with Crippen LogP contribution in [-0.2, 0) is 4.74 Å². The molecule has 0 aromatic heterocycles. The molecule has 0 atom stereocenters. The molecule has 2 rings (SSSR count). The van der Waals surface area contributed by atoms with E-state index in [0.29, 0.717) is 6.73 Å². The van der Waals surface area contributed by atoms with Gasteiger partial charge in [-0.2, -0.15) is 0 Å². The first-order valence-corrected chi connectivity index (χ1v) is 7.69. The molecule has 0 bridgehead atoms. The van der Waals surface area contributed by atoms with Crippen molar-refractivity contribution in [2.45, 2.75) is 26.4 Å². The van der Waals surface area contributed by atoms with Crippen LogP contribution in [0.3, 0.4) is 0 Å². The molecule has 21 heavy (non-hydrogen) atoms. The Morgan fingerprint density at radius 1 is 0.857 bits per heavy atom. The van der Waals surface area contributed by atoms with E-state index in [4.69, 9.17) is 4.74 Å². The summed E-state index contributed by atoms with van der Waals surface area (Å²) in [5.41, 5.74) is 2.38. The van der Waals surface area contributed by atoms with Crippen LogP contribution in [0.25, 0.3) is 0 Å². The molecule has 0 heterocycles. The minimum absolute atomic E-state index is 0.0149. The first-order valence-electron chi connectivity index (χ1n) is 7.69. The Kier molecular flexibility index (Phi) is 6.45. The Bertz CT molecular complexity index is 456. The zero-order chi connectivity index (χ0) is 14.9. The zero-order valence-corrected chi connectivity index (χ0v) is 13.0. The van der Waals surface area contributed by atoms with Gasteiger partial charge in [-0.1, -0.05) is 74.5 Å². The number of ether oxygens (including phenoxy) is 1. The summed E-state index contributed by atoms with van der Waals surface area (Å²) in [6.07, 6.45) is 1.16. The monoisotopic (exact) mass is 283 g/mol. The van der Waals surface area contributed by atoms with Gasteiger partial charge in [-0.05, 0) is 30.0 Å². The fourth-order valence-electron chi connectivity index (χ4n) is 2.25. The van der Waals surface area contributed by atoms with Gasteiger partial charge in [0.15, 0.2) is 0 Å². The molecule has 0 unspecified atom stereocenters. The quantitative estimate of drug-likeness (QED) is 0.573. The molecule has 0 aliphatic rings. The number of benzene rings is 2. The number of rotatable bonds is 8. The molecule has 2 nitrogen and oxygen atoms in total. The largest absolute Gasteiger partial charge is 0.354 e. The van der Waals surface area contributed by atoms with E-state index in [1.807, 2.05) is 12.1 Å². The molecule has 0 spiro atoms. The molecule has 0 aliphatic heterocycles. The van der Waals surface area contributed by atoms with Crippen molar-refractivity contribution in [3.05, 3.63) is 71.8 Å². The topological polar surface area (TPSA) is 21.3 Å². The molecule has 2 aromatic carbocycles. The minimum atomic E-state index is -0.0149. The molecular formula is C19H25NO. The molecule has 2 heteroatoms. The fraction of sp³-hybridized carbons (Fsp3) is 0.368. The summed E-state index contributed by atoms with van der Waals surface area (Å²) in [4.78, 5) is 0. The van der Waals surface area contributed by atoms with Crippen molar-refractivity contribution < 1.29 is 4.74 Å². The maximum Gasteiger partial charge on any atom is 0.109 e. The van der Waals surface area contributed by atoms with Crippen molar-refractivity contribution >= 4 is 0 Å². The van der Waals surface area contributed by atoms with Gasteiger partial charge < -0.3 is 4.74 Å². The SMILES string of the molecule is CC(C)CCNCOC(c1ccccc1)c1ccccc1. The third-order valence-corrected chi connectivity index (χ3v) is 3.46. The van der Waals surface area contributed by atoms with Gasteiger partial charge in [-0.15, -0.1) is 0 Å². The summed E-state index contributed by atoms with van der Waals surface area (Å²) >= 11 is 0. The van der Waals surface area contributed by atoms with Crippen LogP contribution >= 0.6 is 0 Å². The lowest BCUT2D eigenvalue weighted by atomic mass is 10.0. The Balaban J connectivity index is 1.97. The highest BCUT2D eigenvalue weighted by atomic mass is 16.5. The molecule has 0 radical (unpaired) electrons. The van der Waals surface area contributed by atoms with Crippen molar-refractivity contribution in [1.82, 2.24) is 5.32 Å². The normalized spacial score (nSPS) is 11.2. The first kappa shape index (κ1) is 15.7. The highest BCUT2D eigenvalue weighted by Crippen LogP contribution is 2.25. The number of hydrogen-bond donors (Lipinski definition) is 1. The second kappa shape index (κ2) is 8.60. The Labute approximate surface area is 128 Å². The summed E-state index contributed by atoms with van der Waals surface area (Å²) in [6, 6.07) is 20.8. The van der Waals surface area contributed by atoms with Gasteiger partial charge in [0.1, 0.15) is 6.10 Å². The van der Waals surface area contributed by atoms with Gasteiger partial charge in [0.05, 0.1) is 6.73 Å². The average molecular weight is 283 g/mol. The van der Waals surface area contributed by atoms with Crippen LogP contribution in [0.15, 0.2) is 60.7 Å². The molecule has 0 aliphatic carbocycles. The van der Waals surface area contributed by atoms with Crippen LogP contribution in [0.4, 0.5) is 0 Å². The Hall–Kier alpha value is -1.64. The van der Waals surface area contributed by atoms with Gasteiger partial charge in [0.2, 0.25) is 0 Å². The molecule has 0 fully saturated rings. The molecule has 2 aromatic rings. The van der Waals surface area contributed by atoms with Gasteiger partial charge >= 0.3 is 0 Å². The molecule has 1 N–H and O–H groups in total. The van der Waals surface area contributed by atoms with Crippen molar-refractivity contribution in [2.24, 2.45) is 5.92 Å². The average Bonchev–Trinajstić information content (AvgIpc) is 2.52. The van der Waals surface area contributed by atoms with E-state index in [9.17, 15) is 0 Å². The van der Waals surface area contributed by atoms with Crippen LogP contribution in [0.1, 0.15) is 37.5 Å². The zero-order valence-electron chi connectivity index (χ0n) is 13.0. The van der Waals surface area contributed by atoms with E-state index in [1.54, 1.807) is 0 Å². The highest BCUT2D eigenvalue weighted by Gasteiger charge is 2.13. The maximum absolute atomic E-state index is 6.08. The maximum atomic E-state index is 6.08. The standard InChI is InChI=1S/C19H25NO/c1-16(2)13-14-20-15-21-19(17-9-5-3-6-10-17)18-11-7-4-8-12-18/h3-12,16,19-20H,13-15H2,1-2H3. The lowest BCUT2D eigenvalue weighted by Gasteiger charge is -2.19. The predicted octanol–water partition coefficient (Wildman–Crippen LogP) is 4.39. The van der Waals surface area contributed by atoms with Gasteiger partial charge in [-0.3, -0.25) is 5.32 Å². The van der Waals surface area contributed by atoms with Crippen LogP contribution in [-0.4, -0.2) is 13.3 Å². The fourth-order valence-corrected chi connectivity index (χ4v) is 2.25.